The predicted molar refractivity (Wildman–Crippen MR) is 116 cm³/mol. The lowest BCUT2D eigenvalue weighted by molar-refractivity contribution is -0.136. The van der Waals surface area contributed by atoms with Crippen LogP contribution in [0.4, 0.5) is 18.9 Å². The lowest BCUT2D eigenvalue weighted by atomic mass is 9.91. The third kappa shape index (κ3) is 3.89. The van der Waals surface area contributed by atoms with Crippen LogP contribution in [0.15, 0.2) is 79.0 Å². The Labute approximate surface area is 177 Å². The van der Waals surface area contributed by atoms with Gasteiger partial charge < -0.3 is 4.90 Å². The maximum atomic E-state index is 13.6. The Bertz CT molecular complexity index is 1260. The normalized spacial score (nSPS) is 11.5. The van der Waals surface area contributed by atoms with Gasteiger partial charge in [0.05, 0.1) is 11.1 Å². The van der Waals surface area contributed by atoms with Crippen LogP contribution in [0.5, 0.6) is 0 Å². The molecule has 0 saturated heterocycles. The molecule has 0 saturated carbocycles. The van der Waals surface area contributed by atoms with Crippen molar-refractivity contribution < 1.29 is 18.0 Å². The third-order valence-electron chi connectivity index (χ3n) is 5.13. The molecule has 0 aliphatic rings. The van der Waals surface area contributed by atoms with Gasteiger partial charge in [-0.2, -0.15) is 13.2 Å². The molecule has 0 fully saturated rings. The molecule has 3 aromatic carbocycles. The first-order valence-corrected chi connectivity index (χ1v) is 9.64. The standard InChI is InChI=1S/C25H19F3N2O/c1-30(2)18-11-6-10-17(14-18)22-19-12-7-13-21(25(26,27)28)23(19)29-15-20(22)24(31)16-8-4-3-5-9-16/h3-15H,1-2H3. The number of benzene rings is 3. The van der Waals surface area contributed by atoms with Crippen LogP contribution >= 0.6 is 0 Å². The van der Waals surface area contributed by atoms with Crippen LogP contribution in [0.2, 0.25) is 0 Å². The number of hydrogen-bond acceptors (Lipinski definition) is 3. The molecule has 0 unspecified atom stereocenters. The molecule has 0 atom stereocenters. The molecule has 4 rings (SSSR count). The number of fused-ring (bicyclic) bond motifs is 1. The van der Waals surface area contributed by atoms with Crippen LogP contribution in [0.25, 0.3) is 22.0 Å². The number of para-hydroxylation sites is 1. The topological polar surface area (TPSA) is 33.2 Å². The lowest BCUT2D eigenvalue weighted by Crippen LogP contribution is -2.10. The molecule has 3 nitrogen and oxygen atoms in total. The van der Waals surface area contributed by atoms with Gasteiger partial charge >= 0.3 is 6.18 Å². The van der Waals surface area contributed by atoms with E-state index >= 15 is 0 Å². The summed E-state index contributed by atoms with van der Waals surface area (Å²) in [5, 5.41) is 0.285. The fourth-order valence-corrected chi connectivity index (χ4v) is 3.62. The molecule has 4 aromatic rings. The quantitative estimate of drug-likeness (QED) is 0.368. The Hall–Kier alpha value is -3.67. The van der Waals surface area contributed by atoms with Gasteiger partial charge in [0.1, 0.15) is 0 Å². The number of anilines is 1. The minimum absolute atomic E-state index is 0.176. The van der Waals surface area contributed by atoms with Crippen molar-refractivity contribution in [2.45, 2.75) is 6.18 Å². The predicted octanol–water partition coefficient (Wildman–Crippen LogP) is 6.22. The maximum absolute atomic E-state index is 13.6. The number of rotatable bonds is 4. The number of pyridine rings is 1. The minimum Gasteiger partial charge on any atom is -0.378 e. The maximum Gasteiger partial charge on any atom is 0.418 e. The number of ketones is 1. The number of carbonyl (C=O) groups excluding carboxylic acids is 1. The first-order chi connectivity index (χ1) is 14.8. The van der Waals surface area contributed by atoms with Crippen LogP contribution in [0.3, 0.4) is 0 Å². The Morgan fingerprint density at radius 1 is 0.903 bits per heavy atom. The van der Waals surface area contributed by atoms with Crippen LogP contribution < -0.4 is 4.90 Å². The van der Waals surface area contributed by atoms with Crippen LogP contribution in [-0.2, 0) is 6.18 Å². The van der Waals surface area contributed by atoms with Gasteiger partial charge in [-0.15, -0.1) is 0 Å². The van der Waals surface area contributed by atoms with Crippen molar-refractivity contribution in [2.75, 3.05) is 19.0 Å². The first-order valence-electron chi connectivity index (χ1n) is 9.64. The number of hydrogen-bond donors (Lipinski definition) is 0. The zero-order valence-corrected chi connectivity index (χ0v) is 16.9. The highest BCUT2D eigenvalue weighted by Crippen LogP contribution is 2.39. The largest absolute Gasteiger partial charge is 0.418 e. The summed E-state index contributed by atoms with van der Waals surface area (Å²) < 4.78 is 40.9. The average Bonchev–Trinajstić information content (AvgIpc) is 2.77. The van der Waals surface area contributed by atoms with E-state index in [2.05, 4.69) is 4.98 Å². The van der Waals surface area contributed by atoms with E-state index in [0.717, 1.165) is 11.8 Å². The van der Waals surface area contributed by atoms with Crippen LogP contribution in [-0.4, -0.2) is 24.9 Å². The van der Waals surface area contributed by atoms with Crippen LogP contribution in [0, 0.1) is 0 Å². The molecule has 0 aliphatic heterocycles. The van der Waals surface area contributed by atoms with Crippen molar-refractivity contribution in [2.24, 2.45) is 0 Å². The van der Waals surface area contributed by atoms with E-state index in [1.165, 1.54) is 12.3 Å². The second-order valence-corrected chi connectivity index (χ2v) is 7.39. The summed E-state index contributed by atoms with van der Waals surface area (Å²) in [4.78, 5) is 19.3. The molecule has 0 spiro atoms. The van der Waals surface area contributed by atoms with E-state index in [1.807, 2.05) is 37.2 Å². The number of carbonyl (C=O) groups is 1. The van der Waals surface area contributed by atoms with Gasteiger partial charge in [0.15, 0.2) is 5.78 Å². The zero-order chi connectivity index (χ0) is 22.2. The summed E-state index contributed by atoms with van der Waals surface area (Å²) in [5.41, 5.74) is 1.66. The zero-order valence-electron chi connectivity index (χ0n) is 16.9. The molecule has 0 bridgehead atoms. The molecule has 31 heavy (non-hydrogen) atoms. The van der Waals surface area contributed by atoms with E-state index in [1.54, 1.807) is 42.5 Å². The Morgan fingerprint density at radius 2 is 1.61 bits per heavy atom. The second-order valence-electron chi connectivity index (χ2n) is 7.39. The van der Waals surface area contributed by atoms with E-state index in [4.69, 9.17) is 0 Å². The highest BCUT2D eigenvalue weighted by molar-refractivity contribution is 6.16. The van der Waals surface area contributed by atoms with E-state index in [9.17, 15) is 18.0 Å². The SMILES string of the molecule is CN(C)c1cccc(-c2c(C(=O)c3ccccc3)cnc3c(C(F)(F)F)cccc23)c1. The summed E-state index contributed by atoms with van der Waals surface area (Å²) in [6.45, 7) is 0. The van der Waals surface area contributed by atoms with Gasteiger partial charge in [0, 0.05) is 48.1 Å². The highest BCUT2D eigenvalue weighted by Gasteiger charge is 2.34. The summed E-state index contributed by atoms with van der Waals surface area (Å²) >= 11 is 0. The van der Waals surface area contributed by atoms with Gasteiger partial charge in [-0.25, -0.2) is 0 Å². The third-order valence-corrected chi connectivity index (χ3v) is 5.13. The number of nitrogens with zero attached hydrogens (tertiary/aromatic N) is 2. The number of alkyl halides is 3. The molecular weight excluding hydrogens is 401 g/mol. The van der Waals surface area contributed by atoms with E-state index in [-0.39, 0.29) is 22.2 Å². The molecular formula is C25H19F3N2O. The summed E-state index contributed by atoms with van der Waals surface area (Å²) in [5.74, 6) is -0.294. The van der Waals surface area contributed by atoms with Gasteiger partial charge in [-0.1, -0.05) is 54.6 Å². The highest BCUT2D eigenvalue weighted by atomic mass is 19.4. The van der Waals surface area contributed by atoms with Crippen molar-refractivity contribution >= 4 is 22.4 Å². The number of halogens is 3. The first kappa shape index (κ1) is 20.6. The van der Waals surface area contributed by atoms with Crippen molar-refractivity contribution in [3.05, 3.63) is 95.7 Å². The summed E-state index contributed by atoms with van der Waals surface area (Å²) in [6, 6.07) is 20.0. The monoisotopic (exact) mass is 420 g/mol. The van der Waals surface area contributed by atoms with E-state index in [0.29, 0.717) is 16.7 Å². The molecule has 0 radical (unpaired) electrons. The second kappa shape index (κ2) is 7.87. The average molecular weight is 420 g/mol. The summed E-state index contributed by atoms with van der Waals surface area (Å²) in [7, 11) is 3.75. The molecule has 6 heteroatoms. The molecule has 156 valence electrons. The van der Waals surface area contributed by atoms with Gasteiger partial charge in [-0.3, -0.25) is 9.78 Å². The van der Waals surface area contributed by atoms with Crippen molar-refractivity contribution in [1.29, 1.82) is 0 Å². The van der Waals surface area contributed by atoms with Crippen molar-refractivity contribution in [1.82, 2.24) is 4.98 Å². The smallest absolute Gasteiger partial charge is 0.378 e. The molecule has 0 aliphatic carbocycles. The molecule has 0 amide bonds. The Kier molecular flexibility index (Phi) is 5.23. The Morgan fingerprint density at radius 3 is 2.29 bits per heavy atom. The fourth-order valence-electron chi connectivity index (χ4n) is 3.62. The molecule has 1 aromatic heterocycles. The number of aromatic nitrogens is 1. The summed E-state index contributed by atoms with van der Waals surface area (Å²) in [6.07, 6.45) is -3.30. The van der Waals surface area contributed by atoms with Crippen molar-refractivity contribution in [3.8, 4) is 11.1 Å². The van der Waals surface area contributed by atoms with Crippen LogP contribution in [0.1, 0.15) is 21.5 Å². The van der Waals surface area contributed by atoms with Gasteiger partial charge in [0.2, 0.25) is 0 Å². The van der Waals surface area contributed by atoms with E-state index < -0.39 is 11.7 Å². The molecule has 0 N–H and O–H groups in total. The fraction of sp³-hybridized carbons (Fsp3) is 0.120. The molecule has 1 heterocycles. The lowest BCUT2D eigenvalue weighted by Gasteiger charge is -2.18. The van der Waals surface area contributed by atoms with Gasteiger partial charge in [-0.05, 0) is 23.8 Å². The van der Waals surface area contributed by atoms with Crippen molar-refractivity contribution in [3.63, 3.8) is 0 Å². The van der Waals surface area contributed by atoms with Gasteiger partial charge in [0.25, 0.3) is 0 Å². The minimum atomic E-state index is -4.56. The Balaban J connectivity index is 2.06.